The van der Waals surface area contributed by atoms with E-state index in [0.717, 1.165) is 19.3 Å². The van der Waals surface area contributed by atoms with Crippen LogP contribution in [-0.4, -0.2) is 19.2 Å². The fraction of sp³-hybridized carbons (Fsp3) is 0.588. The Hall–Kier alpha value is -1.71. The third-order valence-electron chi connectivity index (χ3n) is 4.10. The standard InChI is InChI=1S/C17H25NO3/c1-11-8-12(10-17(2,3)9-11)21-16(19)15-13(18)6-5-7-14(15)20-4/h5-7,11-12H,8-10,18H2,1-4H3. The number of methoxy groups -OCH3 is 1. The molecule has 0 heterocycles. The van der Waals surface area contributed by atoms with Crippen molar-refractivity contribution in [2.24, 2.45) is 11.3 Å². The minimum atomic E-state index is -0.389. The van der Waals surface area contributed by atoms with Crippen LogP contribution in [0.1, 0.15) is 50.4 Å². The van der Waals surface area contributed by atoms with Crippen LogP contribution in [0.5, 0.6) is 5.75 Å². The molecule has 4 nitrogen and oxygen atoms in total. The summed E-state index contributed by atoms with van der Waals surface area (Å²) < 4.78 is 10.9. The molecule has 1 aromatic carbocycles. The first kappa shape index (κ1) is 15.7. The molecular weight excluding hydrogens is 266 g/mol. The van der Waals surface area contributed by atoms with Gasteiger partial charge in [-0.05, 0) is 42.7 Å². The fourth-order valence-corrected chi connectivity index (χ4v) is 3.50. The van der Waals surface area contributed by atoms with Gasteiger partial charge in [0.1, 0.15) is 17.4 Å². The first-order valence-corrected chi connectivity index (χ1v) is 7.46. The zero-order chi connectivity index (χ0) is 15.6. The molecule has 1 saturated carbocycles. The number of ether oxygens (including phenoxy) is 2. The number of nitrogens with two attached hydrogens (primary N) is 1. The summed E-state index contributed by atoms with van der Waals surface area (Å²) in [5.41, 5.74) is 6.83. The molecule has 0 radical (unpaired) electrons. The summed E-state index contributed by atoms with van der Waals surface area (Å²) in [6.07, 6.45) is 2.90. The second-order valence-electron chi connectivity index (χ2n) is 6.87. The monoisotopic (exact) mass is 291 g/mol. The van der Waals surface area contributed by atoms with E-state index in [9.17, 15) is 4.79 Å². The Bertz CT molecular complexity index is 525. The van der Waals surface area contributed by atoms with Gasteiger partial charge in [0.15, 0.2) is 0 Å². The highest BCUT2D eigenvalue weighted by molar-refractivity contribution is 5.98. The van der Waals surface area contributed by atoms with Crippen LogP contribution in [-0.2, 0) is 4.74 Å². The average Bonchev–Trinajstić information content (AvgIpc) is 2.35. The summed E-state index contributed by atoms with van der Waals surface area (Å²) in [5.74, 6) is 0.629. The van der Waals surface area contributed by atoms with Crippen molar-refractivity contribution in [2.75, 3.05) is 12.8 Å². The molecule has 21 heavy (non-hydrogen) atoms. The predicted molar refractivity (Wildman–Crippen MR) is 83.4 cm³/mol. The van der Waals surface area contributed by atoms with Crippen molar-refractivity contribution >= 4 is 11.7 Å². The Morgan fingerprint density at radius 1 is 1.33 bits per heavy atom. The number of carbonyl (C=O) groups is 1. The number of hydrogen-bond donors (Lipinski definition) is 1. The van der Waals surface area contributed by atoms with Crippen molar-refractivity contribution in [3.8, 4) is 5.75 Å². The summed E-state index contributed by atoms with van der Waals surface area (Å²) in [5, 5.41) is 0. The van der Waals surface area contributed by atoms with Crippen LogP contribution in [0.4, 0.5) is 5.69 Å². The fourth-order valence-electron chi connectivity index (χ4n) is 3.50. The quantitative estimate of drug-likeness (QED) is 0.682. The number of rotatable bonds is 3. The molecule has 1 aliphatic carbocycles. The average molecular weight is 291 g/mol. The lowest BCUT2D eigenvalue weighted by atomic mass is 9.71. The van der Waals surface area contributed by atoms with E-state index >= 15 is 0 Å². The van der Waals surface area contributed by atoms with Gasteiger partial charge in [0.2, 0.25) is 0 Å². The minimum absolute atomic E-state index is 0.0550. The Morgan fingerprint density at radius 2 is 2.05 bits per heavy atom. The van der Waals surface area contributed by atoms with Crippen molar-refractivity contribution in [1.82, 2.24) is 0 Å². The lowest BCUT2D eigenvalue weighted by Crippen LogP contribution is -2.34. The molecule has 0 bridgehead atoms. The second-order valence-corrected chi connectivity index (χ2v) is 6.87. The van der Waals surface area contributed by atoms with Crippen molar-refractivity contribution in [3.05, 3.63) is 23.8 Å². The van der Waals surface area contributed by atoms with Gasteiger partial charge in [-0.2, -0.15) is 0 Å². The minimum Gasteiger partial charge on any atom is -0.496 e. The van der Waals surface area contributed by atoms with Gasteiger partial charge >= 0.3 is 5.97 Å². The van der Waals surface area contributed by atoms with E-state index in [4.69, 9.17) is 15.2 Å². The van der Waals surface area contributed by atoms with Crippen LogP contribution in [0.25, 0.3) is 0 Å². The Kier molecular flexibility index (Phi) is 4.45. The SMILES string of the molecule is COc1cccc(N)c1C(=O)OC1CC(C)CC(C)(C)C1. The van der Waals surface area contributed by atoms with E-state index in [0.29, 0.717) is 22.9 Å². The maximum atomic E-state index is 12.4. The smallest absolute Gasteiger partial charge is 0.344 e. The Morgan fingerprint density at radius 3 is 2.67 bits per heavy atom. The lowest BCUT2D eigenvalue weighted by molar-refractivity contribution is -0.00726. The second kappa shape index (κ2) is 5.96. The zero-order valence-corrected chi connectivity index (χ0v) is 13.3. The van der Waals surface area contributed by atoms with Crippen LogP contribution in [0.15, 0.2) is 18.2 Å². The maximum absolute atomic E-state index is 12.4. The summed E-state index contributed by atoms with van der Waals surface area (Å²) >= 11 is 0. The van der Waals surface area contributed by atoms with E-state index < -0.39 is 0 Å². The lowest BCUT2D eigenvalue weighted by Gasteiger charge is -2.38. The van der Waals surface area contributed by atoms with Gasteiger partial charge in [0.25, 0.3) is 0 Å². The highest BCUT2D eigenvalue weighted by Crippen LogP contribution is 2.40. The van der Waals surface area contributed by atoms with Crippen molar-refractivity contribution in [1.29, 1.82) is 0 Å². The maximum Gasteiger partial charge on any atom is 0.344 e. The van der Waals surface area contributed by atoms with Crippen LogP contribution in [0, 0.1) is 11.3 Å². The number of hydrogen-bond acceptors (Lipinski definition) is 4. The normalized spacial score (nSPS) is 24.4. The van der Waals surface area contributed by atoms with Gasteiger partial charge in [0, 0.05) is 5.69 Å². The molecule has 116 valence electrons. The molecule has 0 spiro atoms. The molecule has 2 rings (SSSR count). The van der Waals surface area contributed by atoms with Crippen LogP contribution in [0.2, 0.25) is 0 Å². The molecule has 0 aromatic heterocycles. The molecule has 2 atom stereocenters. The third kappa shape index (κ3) is 3.69. The van der Waals surface area contributed by atoms with Gasteiger partial charge in [-0.25, -0.2) is 4.79 Å². The van der Waals surface area contributed by atoms with E-state index in [1.54, 1.807) is 18.2 Å². The molecule has 1 aliphatic rings. The summed E-state index contributed by atoms with van der Waals surface area (Å²) in [7, 11) is 1.53. The molecule has 4 heteroatoms. The Balaban J connectivity index is 2.15. The van der Waals surface area contributed by atoms with Crippen molar-refractivity contribution < 1.29 is 14.3 Å². The van der Waals surface area contributed by atoms with Crippen LogP contribution in [0.3, 0.4) is 0 Å². The third-order valence-corrected chi connectivity index (χ3v) is 4.10. The van der Waals surface area contributed by atoms with Crippen LogP contribution >= 0.6 is 0 Å². The predicted octanol–water partition coefficient (Wildman–Crippen LogP) is 3.65. The van der Waals surface area contributed by atoms with Crippen molar-refractivity contribution in [2.45, 2.75) is 46.1 Å². The van der Waals surface area contributed by atoms with Gasteiger partial charge in [-0.3, -0.25) is 0 Å². The molecular formula is C17H25NO3. The molecule has 2 N–H and O–H groups in total. The molecule has 0 aliphatic heterocycles. The number of esters is 1. The zero-order valence-electron chi connectivity index (χ0n) is 13.3. The first-order valence-electron chi connectivity index (χ1n) is 7.46. The van der Waals surface area contributed by atoms with Gasteiger partial charge in [0.05, 0.1) is 7.11 Å². The molecule has 0 amide bonds. The highest BCUT2D eigenvalue weighted by atomic mass is 16.5. The largest absolute Gasteiger partial charge is 0.496 e. The number of nitrogen functional groups attached to an aromatic ring is 1. The van der Waals surface area contributed by atoms with Crippen molar-refractivity contribution in [3.63, 3.8) is 0 Å². The van der Waals surface area contributed by atoms with E-state index in [1.807, 2.05) is 0 Å². The molecule has 2 unspecified atom stereocenters. The van der Waals surface area contributed by atoms with Gasteiger partial charge in [-0.1, -0.05) is 26.8 Å². The Labute approximate surface area is 126 Å². The molecule has 1 fully saturated rings. The van der Waals surface area contributed by atoms with E-state index in [2.05, 4.69) is 20.8 Å². The number of carbonyl (C=O) groups excluding carboxylic acids is 1. The first-order chi connectivity index (χ1) is 9.82. The van der Waals surface area contributed by atoms with Gasteiger partial charge < -0.3 is 15.2 Å². The summed E-state index contributed by atoms with van der Waals surface area (Å²) in [6, 6.07) is 5.17. The van der Waals surface area contributed by atoms with Gasteiger partial charge in [-0.15, -0.1) is 0 Å². The summed E-state index contributed by atoms with van der Waals surface area (Å²) in [6.45, 7) is 6.65. The molecule has 0 saturated heterocycles. The topological polar surface area (TPSA) is 61.5 Å². The van der Waals surface area contributed by atoms with Crippen LogP contribution < -0.4 is 10.5 Å². The van der Waals surface area contributed by atoms with E-state index in [1.165, 1.54) is 7.11 Å². The number of benzene rings is 1. The summed E-state index contributed by atoms with van der Waals surface area (Å²) in [4.78, 5) is 12.4. The molecule has 1 aromatic rings. The highest BCUT2D eigenvalue weighted by Gasteiger charge is 2.34. The van der Waals surface area contributed by atoms with E-state index in [-0.39, 0.29) is 17.5 Å². The number of anilines is 1.